The zero-order valence-electron chi connectivity index (χ0n) is 14.6. The number of nitrogens with zero attached hydrogens (tertiary/aromatic N) is 7. The molecule has 0 bridgehead atoms. The Balaban J connectivity index is 1.48. The second kappa shape index (κ2) is 4.83. The van der Waals surface area contributed by atoms with Crippen LogP contribution in [-0.4, -0.2) is 36.7 Å². The van der Waals surface area contributed by atoms with Crippen LogP contribution >= 0.6 is 0 Å². The summed E-state index contributed by atoms with van der Waals surface area (Å²) in [6, 6.07) is 0.140. The van der Waals surface area contributed by atoms with E-state index in [1.54, 1.807) is 10.8 Å². The van der Waals surface area contributed by atoms with Crippen molar-refractivity contribution in [1.29, 1.82) is 0 Å². The first-order valence-corrected chi connectivity index (χ1v) is 9.44. The average Bonchev–Trinajstić information content (AvgIpc) is 3.06. The predicted octanol–water partition coefficient (Wildman–Crippen LogP) is 1.97. The standard InChI is InChI=1S/C17H21FN8/c1-17(6-7-17)12-8-20-23-26(12)16-22-21-14-10-4-2-3-5-11(10)24-13(25(14)16)9-19-15(24)18/h8-11,14,21H,2-7H2,1H3. The summed E-state index contributed by atoms with van der Waals surface area (Å²) in [7, 11) is 0. The lowest BCUT2D eigenvalue weighted by atomic mass is 9.80. The molecule has 136 valence electrons. The van der Waals surface area contributed by atoms with E-state index in [2.05, 4.69) is 37.6 Å². The Morgan fingerprint density at radius 1 is 1.23 bits per heavy atom. The number of anilines is 1. The highest BCUT2D eigenvalue weighted by atomic mass is 19.1. The van der Waals surface area contributed by atoms with Gasteiger partial charge >= 0.3 is 0 Å². The molecule has 0 radical (unpaired) electrons. The van der Waals surface area contributed by atoms with Gasteiger partial charge in [0.25, 0.3) is 12.0 Å². The third-order valence-corrected chi connectivity index (χ3v) is 6.65. The van der Waals surface area contributed by atoms with Crippen molar-refractivity contribution < 1.29 is 4.39 Å². The zero-order chi connectivity index (χ0) is 17.5. The molecule has 0 spiro atoms. The van der Waals surface area contributed by atoms with Crippen molar-refractivity contribution in [3.8, 4) is 0 Å². The Hall–Kier alpha value is -2.45. The number of hydrazone groups is 1. The van der Waals surface area contributed by atoms with Gasteiger partial charge in [-0.3, -0.25) is 14.9 Å². The van der Waals surface area contributed by atoms with Crippen LogP contribution in [0.2, 0.25) is 0 Å². The first kappa shape index (κ1) is 14.7. The third kappa shape index (κ3) is 1.78. The Bertz CT molecular complexity index is 910. The maximum absolute atomic E-state index is 14.5. The van der Waals surface area contributed by atoms with Crippen LogP contribution in [0.5, 0.6) is 0 Å². The Morgan fingerprint density at radius 2 is 2.08 bits per heavy atom. The van der Waals surface area contributed by atoms with Crippen LogP contribution in [0.4, 0.5) is 10.2 Å². The van der Waals surface area contributed by atoms with Gasteiger partial charge in [0.05, 0.1) is 18.1 Å². The van der Waals surface area contributed by atoms with Gasteiger partial charge < -0.3 is 0 Å². The van der Waals surface area contributed by atoms with E-state index in [1.165, 1.54) is 6.42 Å². The molecule has 3 unspecified atom stereocenters. The van der Waals surface area contributed by atoms with Crippen molar-refractivity contribution in [3.05, 3.63) is 24.2 Å². The van der Waals surface area contributed by atoms with Crippen molar-refractivity contribution in [2.45, 2.75) is 63.1 Å². The summed E-state index contributed by atoms with van der Waals surface area (Å²) in [5.74, 6) is 1.72. The molecular formula is C17H21FN8. The smallest absolute Gasteiger partial charge is 0.283 e. The van der Waals surface area contributed by atoms with Gasteiger partial charge in [-0.05, 0) is 25.7 Å². The van der Waals surface area contributed by atoms with Crippen LogP contribution in [0, 0.1) is 12.0 Å². The highest BCUT2D eigenvalue weighted by Gasteiger charge is 2.50. The molecule has 8 nitrogen and oxygen atoms in total. The number of halogens is 1. The number of imidazole rings is 1. The predicted molar refractivity (Wildman–Crippen MR) is 92.0 cm³/mol. The summed E-state index contributed by atoms with van der Waals surface area (Å²) >= 11 is 0. The van der Waals surface area contributed by atoms with Crippen molar-refractivity contribution in [1.82, 2.24) is 30.0 Å². The lowest BCUT2D eigenvalue weighted by Crippen LogP contribution is -2.55. The maximum atomic E-state index is 14.5. The summed E-state index contributed by atoms with van der Waals surface area (Å²) in [5.41, 5.74) is 4.48. The van der Waals surface area contributed by atoms with Gasteiger partial charge in [-0.25, -0.2) is 4.98 Å². The molecule has 2 aromatic heterocycles. The third-order valence-electron chi connectivity index (χ3n) is 6.65. The number of fused-ring (bicyclic) bond motifs is 6. The average molecular weight is 356 g/mol. The lowest BCUT2D eigenvalue weighted by molar-refractivity contribution is 0.161. The van der Waals surface area contributed by atoms with Gasteiger partial charge in [-0.1, -0.05) is 25.0 Å². The SMILES string of the molecule is CC1(c2cnnn2C2=NNC3C4CCCCC4n4c(cnc4F)N23)CC1. The summed E-state index contributed by atoms with van der Waals surface area (Å²) < 4.78 is 18.1. The first-order valence-electron chi connectivity index (χ1n) is 9.44. The molecular weight excluding hydrogens is 335 g/mol. The molecule has 2 aliphatic heterocycles. The topological polar surface area (TPSA) is 76.2 Å². The van der Waals surface area contributed by atoms with Crippen molar-refractivity contribution in [2.24, 2.45) is 11.0 Å². The highest BCUT2D eigenvalue weighted by molar-refractivity contribution is 5.99. The van der Waals surface area contributed by atoms with Crippen molar-refractivity contribution in [3.63, 3.8) is 0 Å². The molecule has 1 N–H and O–H groups in total. The van der Waals surface area contributed by atoms with E-state index in [0.717, 1.165) is 43.6 Å². The Labute approximate surface area is 150 Å². The van der Waals surface area contributed by atoms with Gasteiger partial charge in [-0.15, -0.1) is 10.2 Å². The Morgan fingerprint density at radius 3 is 2.92 bits per heavy atom. The monoisotopic (exact) mass is 356 g/mol. The molecule has 3 atom stereocenters. The van der Waals surface area contributed by atoms with Crippen molar-refractivity contribution >= 4 is 11.8 Å². The van der Waals surface area contributed by atoms with E-state index in [9.17, 15) is 4.39 Å². The fraction of sp³-hybridized carbons (Fsp3) is 0.647. The van der Waals surface area contributed by atoms with Gasteiger partial charge in [0.15, 0.2) is 0 Å². The minimum absolute atomic E-state index is 0.0166. The van der Waals surface area contributed by atoms with Gasteiger partial charge in [0, 0.05) is 17.4 Å². The molecule has 4 aliphatic rings. The van der Waals surface area contributed by atoms with Crippen LogP contribution in [0.1, 0.15) is 57.2 Å². The van der Waals surface area contributed by atoms with Gasteiger partial charge in [0.2, 0.25) is 0 Å². The molecule has 9 heteroatoms. The molecule has 2 fully saturated rings. The number of hydrogen-bond acceptors (Lipinski definition) is 6. The molecule has 0 amide bonds. The summed E-state index contributed by atoms with van der Waals surface area (Å²) in [4.78, 5) is 6.04. The minimum atomic E-state index is -0.408. The van der Waals surface area contributed by atoms with Crippen LogP contribution in [0.3, 0.4) is 0 Å². The van der Waals surface area contributed by atoms with Crippen molar-refractivity contribution in [2.75, 3.05) is 4.90 Å². The fourth-order valence-electron chi connectivity index (χ4n) is 4.92. The second-order valence-electron chi connectivity index (χ2n) is 8.22. The molecule has 2 aromatic rings. The lowest BCUT2D eigenvalue weighted by Gasteiger charge is -2.45. The van der Waals surface area contributed by atoms with Crippen LogP contribution < -0.4 is 10.3 Å². The normalized spacial score (nSPS) is 30.9. The highest BCUT2D eigenvalue weighted by Crippen LogP contribution is 2.48. The first-order chi connectivity index (χ1) is 12.7. The van der Waals surface area contributed by atoms with E-state index in [1.807, 2.05) is 10.9 Å². The van der Waals surface area contributed by atoms with Crippen LogP contribution in [0.15, 0.2) is 17.5 Å². The second-order valence-corrected chi connectivity index (χ2v) is 8.22. The molecule has 0 aromatic carbocycles. The molecule has 2 saturated carbocycles. The molecule has 4 heterocycles. The van der Waals surface area contributed by atoms with Gasteiger partial charge in [0.1, 0.15) is 12.0 Å². The van der Waals surface area contributed by atoms with E-state index < -0.39 is 6.08 Å². The van der Waals surface area contributed by atoms with Crippen LogP contribution in [-0.2, 0) is 5.41 Å². The quantitative estimate of drug-likeness (QED) is 0.845. The minimum Gasteiger partial charge on any atom is -0.283 e. The van der Waals surface area contributed by atoms with E-state index in [4.69, 9.17) is 0 Å². The van der Waals surface area contributed by atoms with Gasteiger partial charge in [-0.2, -0.15) is 9.07 Å². The van der Waals surface area contributed by atoms with E-state index >= 15 is 0 Å². The molecule has 0 saturated heterocycles. The van der Waals surface area contributed by atoms with E-state index in [-0.39, 0.29) is 17.6 Å². The molecule has 26 heavy (non-hydrogen) atoms. The van der Waals surface area contributed by atoms with E-state index in [0.29, 0.717) is 11.9 Å². The largest absolute Gasteiger partial charge is 0.291 e. The number of nitrogens with one attached hydrogen (secondary N) is 1. The van der Waals surface area contributed by atoms with Crippen LogP contribution in [0.25, 0.3) is 0 Å². The zero-order valence-corrected chi connectivity index (χ0v) is 14.6. The number of aromatic nitrogens is 5. The molecule has 2 aliphatic carbocycles. The molecule has 6 rings (SSSR count). The maximum Gasteiger partial charge on any atom is 0.291 e. The Kier molecular flexibility index (Phi) is 2.73. The summed E-state index contributed by atoms with van der Waals surface area (Å²) in [5, 5.41) is 13.1. The number of rotatable bonds is 1. The summed E-state index contributed by atoms with van der Waals surface area (Å²) in [6.45, 7) is 2.22. The fourth-order valence-corrected chi connectivity index (χ4v) is 4.92. The number of hydrogen-bond donors (Lipinski definition) is 1. The summed E-state index contributed by atoms with van der Waals surface area (Å²) in [6.07, 6.45) is 9.64.